The van der Waals surface area contributed by atoms with Crippen molar-refractivity contribution in [3.8, 4) is 0 Å². The van der Waals surface area contributed by atoms with Gasteiger partial charge in [0.1, 0.15) is 0 Å². The number of unbranched alkanes of at least 4 members (excludes halogenated alkanes) is 2. The molecule has 0 spiro atoms. The number of likely N-dealkylation sites (tertiary alicyclic amines) is 1. The summed E-state index contributed by atoms with van der Waals surface area (Å²) in [6, 6.07) is 19.7. The molecule has 2 aromatic carbocycles. The van der Waals surface area contributed by atoms with Crippen LogP contribution in [0.1, 0.15) is 49.1 Å². The summed E-state index contributed by atoms with van der Waals surface area (Å²) in [5.41, 5.74) is 4.27. The molecule has 1 unspecified atom stereocenters. The molecule has 0 aliphatic carbocycles. The number of benzene rings is 2. The fraction of sp³-hybridized carbons (Fsp3) is 0.417. The van der Waals surface area contributed by atoms with Gasteiger partial charge in [0, 0.05) is 23.6 Å². The van der Waals surface area contributed by atoms with Gasteiger partial charge >= 0.3 is 0 Å². The topological polar surface area (TPSA) is 19.0 Å². The van der Waals surface area contributed by atoms with Crippen molar-refractivity contribution in [1.82, 2.24) is 9.88 Å². The smallest absolute Gasteiger partial charge is 0.0456 e. The van der Waals surface area contributed by atoms with E-state index in [4.69, 9.17) is 0 Å². The van der Waals surface area contributed by atoms with Gasteiger partial charge in [0.15, 0.2) is 0 Å². The Kier molecular flexibility index (Phi) is 5.71. The van der Waals surface area contributed by atoms with Crippen LogP contribution >= 0.6 is 0 Å². The van der Waals surface area contributed by atoms with Crippen LogP contribution in [-0.4, -0.2) is 29.5 Å². The van der Waals surface area contributed by atoms with Crippen LogP contribution in [0.5, 0.6) is 0 Å². The molecule has 2 nitrogen and oxygen atoms in total. The van der Waals surface area contributed by atoms with E-state index in [-0.39, 0.29) is 0 Å². The number of piperidine rings is 1. The van der Waals surface area contributed by atoms with E-state index < -0.39 is 0 Å². The predicted octanol–water partition coefficient (Wildman–Crippen LogP) is 5.76. The molecule has 0 saturated carbocycles. The van der Waals surface area contributed by atoms with E-state index in [1.165, 1.54) is 80.2 Å². The predicted molar refractivity (Wildman–Crippen MR) is 111 cm³/mol. The van der Waals surface area contributed by atoms with Gasteiger partial charge in [-0.1, -0.05) is 55.0 Å². The third-order valence-corrected chi connectivity index (χ3v) is 5.87. The van der Waals surface area contributed by atoms with Gasteiger partial charge < -0.3 is 9.88 Å². The number of hydrogen-bond acceptors (Lipinski definition) is 1. The Morgan fingerprint density at radius 3 is 2.69 bits per heavy atom. The number of fused-ring (bicyclic) bond motifs is 1. The third kappa shape index (κ3) is 4.19. The minimum atomic E-state index is 0.733. The molecule has 26 heavy (non-hydrogen) atoms. The number of nitrogens with one attached hydrogen (secondary N) is 1. The number of hydrogen-bond donors (Lipinski definition) is 1. The zero-order valence-electron chi connectivity index (χ0n) is 15.7. The van der Waals surface area contributed by atoms with E-state index in [1.54, 1.807) is 0 Å². The Hall–Kier alpha value is -2.06. The van der Waals surface area contributed by atoms with E-state index in [1.807, 2.05) is 0 Å². The second-order valence-electron chi connectivity index (χ2n) is 7.72. The van der Waals surface area contributed by atoms with Crippen molar-refractivity contribution < 1.29 is 0 Å². The molecule has 1 atom stereocenters. The van der Waals surface area contributed by atoms with Crippen molar-refractivity contribution >= 4 is 10.9 Å². The Bertz CT molecular complexity index is 805. The van der Waals surface area contributed by atoms with Crippen molar-refractivity contribution in [1.29, 1.82) is 0 Å². The van der Waals surface area contributed by atoms with Crippen LogP contribution in [0.25, 0.3) is 10.9 Å². The number of H-pyrrole nitrogens is 1. The fourth-order valence-corrected chi connectivity index (χ4v) is 4.42. The molecular formula is C24H30N2. The first-order valence-electron chi connectivity index (χ1n) is 10.2. The van der Waals surface area contributed by atoms with E-state index in [0.717, 1.165) is 5.92 Å². The largest absolute Gasteiger partial charge is 0.361 e. The summed E-state index contributed by atoms with van der Waals surface area (Å²) in [7, 11) is 0. The molecule has 1 aliphatic rings. The van der Waals surface area contributed by atoms with E-state index in [2.05, 4.69) is 70.7 Å². The van der Waals surface area contributed by atoms with Crippen LogP contribution in [-0.2, 0) is 6.42 Å². The van der Waals surface area contributed by atoms with Crippen LogP contribution in [0, 0.1) is 0 Å². The maximum Gasteiger partial charge on any atom is 0.0456 e. The van der Waals surface area contributed by atoms with Gasteiger partial charge in [-0.3, -0.25) is 0 Å². The van der Waals surface area contributed by atoms with Gasteiger partial charge in [0.2, 0.25) is 0 Å². The highest BCUT2D eigenvalue weighted by Crippen LogP contribution is 2.27. The Morgan fingerprint density at radius 2 is 1.77 bits per heavy atom. The second-order valence-corrected chi connectivity index (χ2v) is 7.72. The Labute approximate surface area is 157 Å². The maximum atomic E-state index is 3.39. The van der Waals surface area contributed by atoms with Crippen LogP contribution in [0.15, 0.2) is 60.8 Å². The van der Waals surface area contributed by atoms with Crippen LogP contribution in [0.3, 0.4) is 0 Å². The van der Waals surface area contributed by atoms with Crippen molar-refractivity contribution in [2.24, 2.45) is 0 Å². The first kappa shape index (κ1) is 17.4. The minimum Gasteiger partial charge on any atom is -0.361 e. The average molecular weight is 347 g/mol. The number of nitrogens with zero attached hydrogens (tertiary/aromatic N) is 1. The van der Waals surface area contributed by atoms with Gasteiger partial charge in [-0.05, 0) is 68.3 Å². The molecule has 0 amide bonds. The summed E-state index contributed by atoms with van der Waals surface area (Å²) in [4.78, 5) is 6.08. The molecule has 0 bridgehead atoms. The molecular weight excluding hydrogens is 316 g/mol. The number of aromatic amines is 1. The van der Waals surface area contributed by atoms with E-state index in [0.29, 0.717) is 0 Å². The molecule has 3 aromatic rings. The summed E-state index contributed by atoms with van der Waals surface area (Å²) >= 11 is 0. The zero-order valence-corrected chi connectivity index (χ0v) is 15.7. The number of aromatic nitrogens is 1. The highest BCUT2D eigenvalue weighted by molar-refractivity contribution is 5.82. The monoisotopic (exact) mass is 346 g/mol. The first-order valence-corrected chi connectivity index (χ1v) is 10.2. The molecule has 1 aromatic heterocycles. The second kappa shape index (κ2) is 8.55. The molecule has 2 heteroatoms. The summed E-state index contributed by atoms with van der Waals surface area (Å²) in [5.74, 6) is 0.733. The van der Waals surface area contributed by atoms with Gasteiger partial charge in [0.25, 0.3) is 0 Å². The normalized spacial score (nSPS) is 18.4. The van der Waals surface area contributed by atoms with Gasteiger partial charge in [-0.15, -0.1) is 0 Å². The number of aryl methyl sites for hydroxylation is 1. The SMILES string of the molecule is c1ccc(C2CCCN(CCCCCc3c[nH]c4ccccc34)C2)cc1. The number of rotatable bonds is 7. The van der Waals surface area contributed by atoms with E-state index >= 15 is 0 Å². The molecule has 1 fully saturated rings. The molecule has 1 aliphatic heterocycles. The van der Waals surface area contributed by atoms with Crippen molar-refractivity contribution in [2.75, 3.05) is 19.6 Å². The highest BCUT2D eigenvalue weighted by Gasteiger charge is 2.20. The van der Waals surface area contributed by atoms with Crippen molar-refractivity contribution in [2.45, 2.75) is 44.4 Å². The summed E-state index contributed by atoms with van der Waals surface area (Å²) in [6.45, 7) is 3.79. The van der Waals surface area contributed by atoms with Crippen LogP contribution in [0.2, 0.25) is 0 Å². The quantitative estimate of drug-likeness (QED) is 0.539. The molecule has 4 rings (SSSR count). The minimum absolute atomic E-state index is 0.733. The molecule has 1 N–H and O–H groups in total. The van der Waals surface area contributed by atoms with Crippen molar-refractivity contribution in [3.05, 3.63) is 71.9 Å². The first-order chi connectivity index (χ1) is 12.9. The van der Waals surface area contributed by atoms with Crippen LogP contribution < -0.4 is 0 Å². The zero-order chi connectivity index (χ0) is 17.6. The summed E-state index contributed by atoms with van der Waals surface area (Å²) in [6.07, 6.45) is 10.0. The summed E-state index contributed by atoms with van der Waals surface area (Å²) < 4.78 is 0. The molecule has 136 valence electrons. The average Bonchev–Trinajstić information content (AvgIpc) is 3.12. The standard InChI is InChI=1S/C24H30N2/c1-3-10-20(11-4-1)22-13-9-17-26(19-22)16-8-2-5-12-21-18-25-24-15-7-6-14-23(21)24/h1,3-4,6-7,10-11,14-15,18,22,25H,2,5,8-9,12-13,16-17,19H2. The summed E-state index contributed by atoms with van der Waals surface area (Å²) in [5, 5.41) is 1.40. The lowest BCUT2D eigenvalue weighted by atomic mass is 9.90. The lowest BCUT2D eigenvalue weighted by molar-refractivity contribution is 0.204. The Morgan fingerprint density at radius 1 is 0.923 bits per heavy atom. The highest BCUT2D eigenvalue weighted by atomic mass is 15.1. The molecule has 2 heterocycles. The lowest BCUT2D eigenvalue weighted by Crippen LogP contribution is -2.35. The Balaban J connectivity index is 1.20. The number of para-hydroxylation sites is 1. The van der Waals surface area contributed by atoms with Gasteiger partial charge in [-0.2, -0.15) is 0 Å². The fourth-order valence-electron chi connectivity index (χ4n) is 4.42. The van der Waals surface area contributed by atoms with Crippen molar-refractivity contribution in [3.63, 3.8) is 0 Å². The van der Waals surface area contributed by atoms with Gasteiger partial charge in [0.05, 0.1) is 0 Å². The van der Waals surface area contributed by atoms with E-state index in [9.17, 15) is 0 Å². The maximum absolute atomic E-state index is 3.39. The van der Waals surface area contributed by atoms with Crippen LogP contribution in [0.4, 0.5) is 0 Å². The molecule has 1 saturated heterocycles. The lowest BCUT2D eigenvalue weighted by Gasteiger charge is -2.33. The molecule has 0 radical (unpaired) electrons. The van der Waals surface area contributed by atoms with Gasteiger partial charge in [-0.25, -0.2) is 0 Å². The third-order valence-electron chi connectivity index (χ3n) is 5.87.